The third kappa shape index (κ3) is 4.86. The SMILES string of the molecule is CCCCCCCCCCc1cc2ccc(OC)cc2c(=O)n1C. The van der Waals surface area contributed by atoms with Gasteiger partial charge < -0.3 is 9.30 Å². The lowest BCUT2D eigenvalue weighted by molar-refractivity contribution is 0.415. The average molecular weight is 329 g/mol. The largest absolute Gasteiger partial charge is 0.497 e. The zero-order valence-corrected chi connectivity index (χ0v) is 15.4. The fraction of sp³-hybridized carbons (Fsp3) is 0.571. The number of unbranched alkanes of at least 4 members (excludes halogenated alkanes) is 7. The first kappa shape index (κ1) is 18.6. The molecule has 2 rings (SSSR count). The summed E-state index contributed by atoms with van der Waals surface area (Å²) in [4.78, 5) is 12.6. The summed E-state index contributed by atoms with van der Waals surface area (Å²) in [5, 5.41) is 1.74. The predicted octanol–water partition coefficient (Wildman–Crippen LogP) is 5.23. The van der Waals surface area contributed by atoms with E-state index in [1.54, 1.807) is 11.7 Å². The van der Waals surface area contributed by atoms with Gasteiger partial charge in [-0.3, -0.25) is 4.79 Å². The molecule has 3 nitrogen and oxygen atoms in total. The summed E-state index contributed by atoms with van der Waals surface area (Å²) >= 11 is 0. The third-order valence-corrected chi connectivity index (χ3v) is 4.83. The van der Waals surface area contributed by atoms with Crippen LogP contribution >= 0.6 is 0 Å². The molecular weight excluding hydrogens is 298 g/mol. The topological polar surface area (TPSA) is 31.2 Å². The van der Waals surface area contributed by atoms with Gasteiger partial charge in [0.15, 0.2) is 0 Å². The van der Waals surface area contributed by atoms with Crippen molar-refractivity contribution in [3.8, 4) is 5.75 Å². The first-order valence-electron chi connectivity index (χ1n) is 9.34. The van der Waals surface area contributed by atoms with Gasteiger partial charge in [-0.25, -0.2) is 0 Å². The maximum atomic E-state index is 12.6. The van der Waals surface area contributed by atoms with Gasteiger partial charge in [0.1, 0.15) is 5.75 Å². The molecule has 0 radical (unpaired) electrons. The van der Waals surface area contributed by atoms with E-state index < -0.39 is 0 Å². The van der Waals surface area contributed by atoms with Gasteiger partial charge in [-0.15, -0.1) is 0 Å². The van der Waals surface area contributed by atoms with Crippen molar-refractivity contribution >= 4 is 10.8 Å². The molecule has 0 saturated carbocycles. The van der Waals surface area contributed by atoms with Crippen LogP contribution in [0, 0.1) is 0 Å². The smallest absolute Gasteiger partial charge is 0.258 e. The molecule has 0 bridgehead atoms. The maximum Gasteiger partial charge on any atom is 0.258 e. The number of aryl methyl sites for hydroxylation is 1. The molecule has 0 spiro atoms. The highest BCUT2D eigenvalue weighted by molar-refractivity contribution is 5.83. The van der Waals surface area contributed by atoms with Crippen LogP contribution in [-0.4, -0.2) is 11.7 Å². The fourth-order valence-corrected chi connectivity index (χ4v) is 3.24. The molecule has 132 valence electrons. The van der Waals surface area contributed by atoms with Crippen molar-refractivity contribution in [2.45, 2.75) is 64.7 Å². The second-order valence-electron chi connectivity index (χ2n) is 6.68. The summed E-state index contributed by atoms with van der Waals surface area (Å²) in [7, 11) is 3.50. The molecule has 0 aliphatic carbocycles. The molecule has 0 aliphatic heterocycles. The Balaban J connectivity index is 1.93. The van der Waals surface area contributed by atoms with Crippen molar-refractivity contribution in [1.29, 1.82) is 0 Å². The molecule has 1 heterocycles. The quantitative estimate of drug-likeness (QED) is 0.559. The summed E-state index contributed by atoms with van der Waals surface area (Å²) in [6.07, 6.45) is 11.4. The molecule has 24 heavy (non-hydrogen) atoms. The Morgan fingerprint density at radius 3 is 2.29 bits per heavy atom. The van der Waals surface area contributed by atoms with Crippen LogP contribution in [0.3, 0.4) is 0 Å². The van der Waals surface area contributed by atoms with E-state index in [9.17, 15) is 4.79 Å². The van der Waals surface area contributed by atoms with Gasteiger partial charge in [-0.1, -0.05) is 57.9 Å². The molecule has 0 aliphatic rings. The van der Waals surface area contributed by atoms with E-state index in [0.29, 0.717) is 0 Å². The van der Waals surface area contributed by atoms with Gasteiger partial charge in [-0.2, -0.15) is 0 Å². The molecule has 2 aromatic rings. The van der Waals surface area contributed by atoms with E-state index in [2.05, 4.69) is 13.0 Å². The van der Waals surface area contributed by atoms with Crippen LogP contribution in [0.15, 0.2) is 29.1 Å². The van der Waals surface area contributed by atoms with Gasteiger partial charge in [0.25, 0.3) is 5.56 Å². The van der Waals surface area contributed by atoms with Crippen molar-refractivity contribution < 1.29 is 4.74 Å². The number of rotatable bonds is 10. The van der Waals surface area contributed by atoms with E-state index in [4.69, 9.17) is 4.74 Å². The summed E-state index contributed by atoms with van der Waals surface area (Å²) < 4.78 is 7.02. The van der Waals surface area contributed by atoms with Gasteiger partial charge >= 0.3 is 0 Å². The number of benzene rings is 1. The molecule has 0 atom stereocenters. The van der Waals surface area contributed by atoms with E-state index in [1.807, 2.05) is 25.2 Å². The number of methoxy groups -OCH3 is 1. The van der Waals surface area contributed by atoms with Crippen molar-refractivity contribution in [3.63, 3.8) is 0 Å². The number of hydrogen-bond donors (Lipinski definition) is 0. The zero-order chi connectivity index (χ0) is 17.4. The lowest BCUT2D eigenvalue weighted by Gasteiger charge is -2.11. The molecule has 0 N–H and O–H groups in total. The molecule has 3 heteroatoms. The van der Waals surface area contributed by atoms with Crippen LogP contribution in [-0.2, 0) is 13.5 Å². The number of aromatic nitrogens is 1. The number of ether oxygens (including phenoxy) is 1. The lowest BCUT2D eigenvalue weighted by atomic mass is 10.0. The molecule has 0 saturated heterocycles. The van der Waals surface area contributed by atoms with Gasteiger partial charge in [-0.05, 0) is 36.4 Å². The van der Waals surface area contributed by atoms with Crippen molar-refractivity contribution in [2.75, 3.05) is 7.11 Å². The minimum Gasteiger partial charge on any atom is -0.497 e. The number of pyridine rings is 1. The standard InChI is InChI=1S/C21H31NO2/c1-4-5-6-7-8-9-10-11-12-18-15-17-13-14-19(24-3)16-20(17)21(23)22(18)2/h13-16H,4-12H2,1-3H3. The van der Waals surface area contributed by atoms with Crippen LogP contribution < -0.4 is 10.3 Å². The highest BCUT2D eigenvalue weighted by Crippen LogP contribution is 2.20. The Labute approximate surface area is 145 Å². The number of hydrogen-bond acceptors (Lipinski definition) is 2. The summed E-state index contributed by atoms with van der Waals surface area (Å²) in [6.45, 7) is 2.25. The van der Waals surface area contributed by atoms with Gasteiger partial charge in [0, 0.05) is 12.7 Å². The molecule has 1 aromatic carbocycles. The normalized spacial score (nSPS) is 11.1. The zero-order valence-electron chi connectivity index (χ0n) is 15.4. The van der Waals surface area contributed by atoms with Crippen LogP contribution in [0.4, 0.5) is 0 Å². The molecule has 0 fully saturated rings. The Hall–Kier alpha value is -1.77. The van der Waals surface area contributed by atoms with E-state index in [-0.39, 0.29) is 5.56 Å². The van der Waals surface area contributed by atoms with E-state index in [0.717, 1.165) is 35.1 Å². The summed E-state index contributed by atoms with van der Waals surface area (Å²) in [6, 6.07) is 7.88. The lowest BCUT2D eigenvalue weighted by Crippen LogP contribution is -2.20. The molecule has 1 aromatic heterocycles. The highest BCUT2D eigenvalue weighted by atomic mass is 16.5. The van der Waals surface area contributed by atoms with Gasteiger partial charge in [0.05, 0.1) is 12.5 Å². The van der Waals surface area contributed by atoms with Crippen molar-refractivity contribution in [3.05, 3.63) is 40.3 Å². The maximum absolute atomic E-state index is 12.6. The average Bonchev–Trinajstić information content (AvgIpc) is 2.61. The second kappa shape index (κ2) is 9.51. The first-order chi connectivity index (χ1) is 11.7. The molecular formula is C21H31NO2. The summed E-state index contributed by atoms with van der Waals surface area (Å²) in [5.74, 6) is 0.732. The Bertz CT molecular complexity index is 703. The fourth-order valence-electron chi connectivity index (χ4n) is 3.24. The van der Waals surface area contributed by atoms with Crippen LogP contribution in [0.2, 0.25) is 0 Å². The van der Waals surface area contributed by atoms with Crippen molar-refractivity contribution in [2.24, 2.45) is 7.05 Å². The highest BCUT2D eigenvalue weighted by Gasteiger charge is 2.07. The van der Waals surface area contributed by atoms with Crippen LogP contribution in [0.5, 0.6) is 5.75 Å². The van der Waals surface area contributed by atoms with E-state index in [1.165, 1.54) is 44.9 Å². The predicted molar refractivity (Wildman–Crippen MR) is 102 cm³/mol. The molecule has 0 unspecified atom stereocenters. The summed E-state index contributed by atoms with van der Waals surface area (Å²) in [5.41, 5.74) is 1.20. The second-order valence-corrected chi connectivity index (χ2v) is 6.68. The minimum absolute atomic E-state index is 0.0703. The number of fused-ring (bicyclic) bond motifs is 1. The Morgan fingerprint density at radius 2 is 1.62 bits per heavy atom. The van der Waals surface area contributed by atoms with Crippen molar-refractivity contribution in [1.82, 2.24) is 4.57 Å². The monoisotopic (exact) mass is 329 g/mol. The van der Waals surface area contributed by atoms with Crippen LogP contribution in [0.1, 0.15) is 64.0 Å². The first-order valence-corrected chi connectivity index (χ1v) is 9.34. The van der Waals surface area contributed by atoms with Gasteiger partial charge in [0.2, 0.25) is 0 Å². The Kier molecular flexibility index (Phi) is 7.36. The third-order valence-electron chi connectivity index (χ3n) is 4.83. The minimum atomic E-state index is 0.0703. The Morgan fingerprint density at radius 1 is 0.958 bits per heavy atom. The van der Waals surface area contributed by atoms with E-state index >= 15 is 0 Å². The number of nitrogens with zero attached hydrogens (tertiary/aromatic N) is 1. The molecule has 0 amide bonds. The van der Waals surface area contributed by atoms with Crippen LogP contribution in [0.25, 0.3) is 10.8 Å².